The number of ether oxygens (including phenoxy) is 2. The summed E-state index contributed by atoms with van der Waals surface area (Å²) in [5.74, 6) is -0.362. The molecule has 0 radical (unpaired) electrons. The molecule has 1 aliphatic heterocycles. The van der Waals surface area contributed by atoms with Crippen molar-refractivity contribution in [2.24, 2.45) is 0 Å². The fourth-order valence-electron chi connectivity index (χ4n) is 1.97. The lowest BCUT2D eigenvalue weighted by Gasteiger charge is -2.26. The molecular formula is C12H19N3O3. The number of aromatic nitrogens is 2. The highest BCUT2D eigenvalue weighted by atomic mass is 16.5. The van der Waals surface area contributed by atoms with Gasteiger partial charge in [0.2, 0.25) is 0 Å². The van der Waals surface area contributed by atoms with Gasteiger partial charge < -0.3 is 9.47 Å². The summed E-state index contributed by atoms with van der Waals surface area (Å²) in [6, 6.07) is 0. The second-order valence-corrected chi connectivity index (χ2v) is 4.28. The van der Waals surface area contributed by atoms with E-state index in [-0.39, 0.29) is 5.97 Å². The molecule has 2 heterocycles. The first kappa shape index (κ1) is 13.0. The number of aromatic amines is 1. The van der Waals surface area contributed by atoms with E-state index in [2.05, 4.69) is 15.1 Å². The lowest BCUT2D eigenvalue weighted by molar-refractivity contribution is 0.0335. The van der Waals surface area contributed by atoms with Crippen LogP contribution in [0.4, 0.5) is 0 Å². The average Bonchev–Trinajstić information content (AvgIpc) is 2.73. The van der Waals surface area contributed by atoms with Crippen molar-refractivity contribution in [3.05, 3.63) is 17.0 Å². The number of morpholine rings is 1. The van der Waals surface area contributed by atoms with Gasteiger partial charge in [0, 0.05) is 25.2 Å². The molecule has 1 saturated heterocycles. The number of carbonyl (C=O) groups excluding carboxylic acids is 1. The van der Waals surface area contributed by atoms with E-state index in [9.17, 15) is 4.79 Å². The third kappa shape index (κ3) is 2.88. The van der Waals surface area contributed by atoms with Crippen LogP contribution in [0.2, 0.25) is 0 Å². The van der Waals surface area contributed by atoms with Crippen molar-refractivity contribution in [2.75, 3.05) is 32.9 Å². The Hall–Kier alpha value is -1.40. The van der Waals surface area contributed by atoms with E-state index in [0.29, 0.717) is 12.3 Å². The van der Waals surface area contributed by atoms with E-state index in [4.69, 9.17) is 9.47 Å². The Labute approximate surface area is 106 Å². The van der Waals surface area contributed by atoms with E-state index in [1.54, 1.807) is 6.92 Å². The van der Waals surface area contributed by atoms with Crippen molar-refractivity contribution in [3.8, 4) is 0 Å². The zero-order chi connectivity index (χ0) is 13.0. The van der Waals surface area contributed by atoms with E-state index in [1.807, 2.05) is 6.92 Å². The minimum Gasteiger partial charge on any atom is -0.461 e. The number of rotatable bonds is 4. The number of H-pyrrole nitrogens is 1. The summed E-state index contributed by atoms with van der Waals surface area (Å²) >= 11 is 0. The van der Waals surface area contributed by atoms with Gasteiger partial charge in [-0.3, -0.25) is 10.00 Å². The predicted molar refractivity (Wildman–Crippen MR) is 65.4 cm³/mol. The minimum absolute atomic E-state index is 0.362. The van der Waals surface area contributed by atoms with E-state index >= 15 is 0 Å². The van der Waals surface area contributed by atoms with Crippen molar-refractivity contribution in [3.63, 3.8) is 0 Å². The fourth-order valence-corrected chi connectivity index (χ4v) is 1.97. The van der Waals surface area contributed by atoms with Crippen molar-refractivity contribution in [1.29, 1.82) is 0 Å². The predicted octanol–water partition coefficient (Wildman–Crippen LogP) is 0.727. The number of carbonyl (C=O) groups is 1. The molecule has 18 heavy (non-hydrogen) atoms. The lowest BCUT2D eigenvalue weighted by Crippen LogP contribution is -2.35. The molecule has 6 heteroatoms. The normalized spacial score (nSPS) is 16.8. The maximum Gasteiger partial charge on any atom is 0.359 e. The molecule has 1 N–H and O–H groups in total. The summed E-state index contributed by atoms with van der Waals surface area (Å²) in [5.41, 5.74) is 2.24. The highest BCUT2D eigenvalue weighted by Gasteiger charge is 2.19. The molecule has 0 aromatic carbocycles. The van der Waals surface area contributed by atoms with Gasteiger partial charge in [-0.15, -0.1) is 0 Å². The molecule has 0 spiro atoms. The molecule has 1 aliphatic rings. The van der Waals surface area contributed by atoms with Crippen molar-refractivity contribution in [2.45, 2.75) is 20.4 Å². The van der Waals surface area contributed by atoms with Gasteiger partial charge in [-0.1, -0.05) is 0 Å². The van der Waals surface area contributed by atoms with Crippen LogP contribution < -0.4 is 0 Å². The number of nitrogens with one attached hydrogen (secondary N) is 1. The van der Waals surface area contributed by atoms with Crippen LogP contribution in [0.5, 0.6) is 0 Å². The summed E-state index contributed by atoms with van der Waals surface area (Å²) in [4.78, 5) is 13.9. The molecule has 1 fully saturated rings. The smallest absolute Gasteiger partial charge is 0.359 e. The third-order valence-corrected chi connectivity index (χ3v) is 3.06. The van der Waals surface area contributed by atoms with Gasteiger partial charge in [-0.2, -0.15) is 5.10 Å². The van der Waals surface area contributed by atoms with Gasteiger partial charge in [-0.05, 0) is 13.8 Å². The monoisotopic (exact) mass is 253 g/mol. The summed E-state index contributed by atoms with van der Waals surface area (Å²) < 4.78 is 10.3. The molecule has 0 atom stereocenters. The zero-order valence-electron chi connectivity index (χ0n) is 10.9. The first-order valence-electron chi connectivity index (χ1n) is 6.23. The van der Waals surface area contributed by atoms with Crippen LogP contribution in [0.3, 0.4) is 0 Å². The van der Waals surface area contributed by atoms with Crippen LogP contribution in [0.25, 0.3) is 0 Å². The van der Waals surface area contributed by atoms with Gasteiger partial charge in [0.25, 0.3) is 0 Å². The van der Waals surface area contributed by atoms with Gasteiger partial charge in [0.1, 0.15) is 0 Å². The Morgan fingerprint density at radius 1 is 1.50 bits per heavy atom. The van der Waals surface area contributed by atoms with Crippen LogP contribution in [0.1, 0.15) is 28.7 Å². The molecule has 0 saturated carbocycles. The van der Waals surface area contributed by atoms with Gasteiger partial charge >= 0.3 is 5.97 Å². The molecule has 1 aromatic heterocycles. The standard InChI is InChI=1S/C12H19N3O3/c1-3-18-12(16)11-9(2)10(13-14-11)8-15-4-6-17-7-5-15/h3-8H2,1-2H3,(H,13,14). The van der Waals surface area contributed by atoms with Crippen molar-refractivity contribution < 1.29 is 14.3 Å². The fraction of sp³-hybridized carbons (Fsp3) is 0.667. The molecule has 6 nitrogen and oxygen atoms in total. The molecule has 2 rings (SSSR count). The Morgan fingerprint density at radius 2 is 2.22 bits per heavy atom. The molecule has 0 bridgehead atoms. The summed E-state index contributed by atoms with van der Waals surface area (Å²) in [6.45, 7) is 8.15. The van der Waals surface area contributed by atoms with Gasteiger partial charge in [0.15, 0.2) is 5.69 Å². The van der Waals surface area contributed by atoms with E-state index < -0.39 is 0 Å². The number of nitrogens with zero attached hydrogens (tertiary/aromatic N) is 2. The van der Waals surface area contributed by atoms with Crippen LogP contribution in [0, 0.1) is 6.92 Å². The summed E-state index contributed by atoms with van der Waals surface area (Å²) in [6.07, 6.45) is 0. The third-order valence-electron chi connectivity index (χ3n) is 3.06. The van der Waals surface area contributed by atoms with Crippen molar-refractivity contribution >= 4 is 5.97 Å². The maximum absolute atomic E-state index is 11.6. The molecule has 0 amide bonds. The second kappa shape index (κ2) is 5.97. The maximum atomic E-state index is 11.6. The largest absolute Gasteiger partial charge is 0.461 e. The Bertz CT molecular complexity index is 411. The average molecular weight is 253 g/mol. The number of esters is 1. The van der Waals surface area contributed by atoms with E-state index in [1.165, 1.54) is 0 Å². The van der Waals surface area contributed by atoms with Gasteiger partial charge in [-0.25, -0.2) is 4.79 Å². The highest BCUT2D eigenvalue weighted by Crippen LogP contribution is 2.14. The summed E-state index contributed by atoms with van der Waals surface area (Å²) in [7, 11) is 0. The Morgan fingerprint density at radius 3 is 2.89 bits per heavy atom. The highest BCUT2D eigenvalue weighted by molar-refractivity contribution is 5.89. The number of hydrogen-bond acceptors (Lipinski definition) is 5. The number of hydrogen-bond donors (Lipinski definition) is 1. The van der Waals surface area contributed by atoms with Crippen molar-refractivity contribution in [1.82, 2.24) is 15.1 Å². The Balaban J connectivity index is 2.03. The second-order valence-electron chi connectivity index (χ2n) is 4.28. The molecule has 0 aliphatic carbocycles. The van der Waals surface area contributed by atoms with Crippen LogP contribution in [-0.4, -0.2) is 54.0 Å². The first-order chi connectivity index (χ1) is 8.72. The Kier molecular flexibility index (Phi) is 4.33. The van der Waals surface area contributed by atoms with Crippen LogP contribution in [0.15, 0.2) is 0 Å². The van der Waals surface area contributed by atoms with E-state index in [0.717, 1.165) is 44.1 Å². The minimum atomic E-state index is -0.362. The quantitative estimate of drug-likeness (QED) is 0.801. The van der Waals surface area contributed by atoms with Crippen LogP contribution >= 0.6 is 0 Å². The molecule has 100 valence electrons. The molecule has 0 unspecified atom stereocenters. The lowest BCUT2D eigenvalue weighted by atomic mass is 10.2. The van der Waals surface area contributed by atoms with Gasteiger partial charge in [0.05, 0.1) is 25.5 Å². The molecule has 1 aromatic rings. The SMILES string of the molecule is CCOC(=O)c1n[nH]c(CN2CCOCC2)c1C. The van der Waals surface area contributed by atoms with Crippen LogP contribution in [-0.2, 0) is 16.0 Å². The first-order valence-corrected chi connectivity index (χ1v) is 6.23. The molecular weight excluding hydrogens is 234 g/mol. The topological polar surface area (TPSA) is 67.5 Å². The summed E-state index contributed by atoms with van der Waals surface area (Å²) in [5, 5.41) is 6.97. The zero-order valence-corrected chi connectivity index (χ0v) is 10.9.